The summed E-state index contributed by atoms with van der Waals surface area (Å²) in [4.78, 5) is 32.5. The molecular weight excluding hydrogens is 410 g/mol. The second-order valence-corrected chi connectivity index (χ2v) is 9.56. The number of carbonyl (C=O) groups excluding carboxylic acids is 2. The maximum atomic E-state index is 13.2. The highest BCUT2D eigenvalue weighted by molar-refractivity contribution is 8.16. The second kappa shape index (κ2) is 8.54. The van der Waals surface area contributed by atoms with Gasteiger partial charge >= 0.3 is 5.97 Å². The number of nitrogens with zero attached hydrogens (tertiary/aromatic N) is 2. The molecule has 6 nitrogen and oxygen atoms in total. The molecule has 0 bridgehead atoms. The molecule has 31 heavy (non-hydrogen) atoms. The molecule has 0 unspecified atom stereocenters. The molecule has 1 fully saturated rings. The standard InChI is InChI=1S/C24H29N3O3S/c1-13(2)30-23(29)21-16(5)25-24-27(22(21)19-9-6-14(3)10-15(19)4)18(12-31-24)11-20(28)26-17-7-8-17/h6,9-10,12-13,17,22H,7-8,11H2,1-5H3,(H,26,28)/t22-/m0/s1. The number of amides is 1. The number of amidine groups is 1. The molecule has 0 radical (unpaired) electrons. The molecule has 4 rings (SSSR count). The molecule has 0 spiro atoms. The van der Waals surface area contributed by atoms with Crippen LogP contribution in [0.25, 0.3) is 0 Å². The van der Waals surface area contributed by atoms with Crippen LogP contribution in [0, 0.1) is 13.8 Å². The highest BCUT2D eigenvalue weighted by atomic mass is 32.2. The Morgan fingerprint density at radius 3 is 2.65 bits per heavy atom. The SMILES string of the molecule is CC1=C(C(=O)OC(C)C)[C@H](c2ccc(C)cc2C)N2C(CC(=O)NC3CC3)=CSC2=N1. The van der Waals surface area contributed by atoms with E-state index in [9.17, 15) is 9.59 Å². The third-order valence-corrected chi connectivity index (χ3v) is 6.46. The summed E-state index contributed by atoms with van der Waals surface area (Å²) in [7, 11) is 0. The van der Waals surface area contributed by atoms with E-state index in [4.69, 9.17) is 9.73 Å². The summed E-state index contributed by atoms with van der Waals surface area (Å²) in [5, 5.41) is 5.83. The lowest BCUT2D eigenvalue weighted by Crippen LogP contribution is -2.38. The van der Waals surface area contributed by atoms with Crippen LogP contribution >= 0.6 is 11.8 Å². The van der Waals surface area contributed by atoms with Crippen molar-refractivity contribution in [2.24, 2.45) is 4.99 Å². The third kappa shape index (κ3) is 4.56. The normalized spacial score (nSPS) is 20.5. The summed E-state index contributed by atoms with van der Waals surface area (Å²) >= 11 is 1.50. The molecule has 2 aliphatic heterocycles. The topological polar surface area (TPSA) is 71.0 Å². The maximum Gasteiger partial charge on any atom is 0.338 e. The molecule has 1 atom stereocenters. The number of aliphatic imine (C=N–C) groups is 1. The summed E-state index contributed by atoms with van der Waals surface area (Å²) in [6.45, 7) is 9.66. The van der Waals surface area contributed by atoms with Gasteiger partial charge in [0, 0.05) is 11.7 Å². The van der Waals surface area contributed by atoms with E-state index >= 15 is 0 Å². The van der Waals surface area contributed by atoms with Gasteiger partial charge in [-0.2, -0.15) is 0 Å². The number of benzene rings is 1. The monoisotopic (exact) mass is 439 g/mol. The third-order valence-electron chi connectivity index (χ3n) is 5.57. The number of allylic oxidation sites excluding steroid dienone is 1. The lowest BCUT2D eigenvalue weighted by atomic mass is 9.90. The van der Waals surface area contributed by atoms with E-state index in [1.165, 1.54) is 11.8 Å². The summed E-state index contributed by atoms with van der Waals surface area (Å²) in [6.07, 6.45) is 2.13. The van der Waals surface area contributed by atoms with Gasteiger partial charge in [-0.25, -0.2) is 9.79 Å². The summed E-state index contributed by atoms with van der Waals surface area (Å²) < 4.78 is 5.60. The number of rotatable bonds is 6. The van der Waals surface area contributed by atoms with E-state index in [0.717, 1.165) is 40.4 Å². The number of aryl methyl sites for hydroxylation is 2. The molecular formula is C24H29N3O3S. The van der Waals surface area contributed by atoms with Crippen LogP contribution in [-0.2, 0) is 14.3 Å². The van der Waals surface area contributed by atoms with Crippen molar-refractivity contribution >= 4 is 28.8 Å². The Hall–Kier alpha value is -2.54. The largest absolute Gasteiger partial charge is 0.459 e. The number of fused-ring (bicyclic) bond motifs is 1. The second-order valence-electron chi connectivity index (χ2n) is 8.73. The van der Waals surface area contributed by atoms with E-state index in [0.29, 0.717) is 17.3 Å². The average molecular weight is 440 g/mol. The number of thioether (sulfide) groups is 1. The fraction of sp³-hybridized carbons (Fsp3) is 0.458. The van der Waals surface area contributed by atoms with Crippen molar-refractivity contribution in [2.45, 2.75) is 72.1 Å². The highest BCUT2D eigenvalue weighted by Gasteiger charge is 2.42. The molecule has 1 saturated carbocycles. The first-order valence-electron chi connectivity index (χ1n) is 10.8. The Morgan fingerprint density at radius 2 is 2.00 bits per heavy atom. The molecule has 1 amide bonds. The first kappa shape index (κ1) is 21.7. The van der Waals surface area contributed by atoms with Gasteiger partial charge in [-0.3, -0.25) is 4.79 Å². The van der Waals surface area contributed by atoms with Gasteiger partial charge < -0.3 is 15.0 Å². The molecule has 1 aromatic rings. The predicted molar refractivity (Wildman–Crippen MR) is 123 cm³/mol. The number of ether oxygens (including phenoxy) is 1. The van der Waals surface area contributed by atoms with Crippen molar-refractivity contribution in [3.63, 3.8) is 0 Å². The first-order chi connectivity index (χ1) is 14.7. The van der Waals surface area contributed by atoms with Crippen molar-refractivity contribution < 1.29 is 14.3 Å². The quantitative estimate of drug-likeness (QED) is 0.661. The van der Waals surface area contributed by atoms with E-state index in [1.54, 1.807) is 0 Å². The van der Waals surface area contributed by atoms with Gasteiger partial charge in [0.1, 0.15) is 0 Å². The van der Waals surface area contributed by atoms with E-state index in [2.05, 4.69) is 37.4 Å². The minimum Gasteiger partial charge on any atom is -0.459 e. The highest BCUT2D eigenvalue weighted by Crippen LogP contribution is 2.45. The molecule has 2 heterocycles. The summed E-state index contributed by atoms with van der Waals surface area (Å²) in [5.41, 5.74) is 5.31. The zero-order valence-electron chi connectivity index (χ0n) is 18.7. The van der Waals surface area contributed by atoms with Crippen LogP contribution in [0.5, 0.6) is 0 Å². The van der Waals surface area contributed by atoms with Crippen LogP contribution in [0.15, 0.2) is 45.6 Å². The number of esters is 1. The Bertz CT molecular complexity index is 1020. The smallest absolute Gasteiger partial charge is 0.338 e. The van der Waals surface area contributed by atoms with E-state index in [-0.39, 0.29) is 30.4 Å². The van der Waals surface area contributed by atoms with Crippen LogP contribution < -0.4 is 5.32 Å². The Balaban J connectivity index is 1.75. The average Bonchev–Trinajstić information content (AvgIpc) is 3.39. The van der Waals surface area contributed by atoms with Crippen LogP contribution in [0.2, 0.25) is 0 Å². The van der Waals surface area contributed by atoms with Crippen molar-refractivity contribution in [3.05, 3.63) is 57.3 Å². The van der Waals surface area contributed by atoms with Crippen LogP contribution in [0.1, 0.15) is 62.8 Å². The predicted octanol–water partition coefficient (Wildman–Crippen LogP) is 4.50. The molecule has 1 aromatic carbocycles. The molecule has 1 N–H and O–H groups in total. The molecule has 0 aromatic heterocycles. The maximum absolute atomic E-state index is 13.2. The Labute approximate surface area is 187 Å². The minimum atomic E-state index is -0.380. The van der Waals surface area contributed by atoms with Gasteiger partial charge in [0.15, 0.2) is 5.17 Å². The van der Waals surface area contributed by atoms with Gasteiger partial charge in [0.2, 0.25) is 5.91 Å². The first-order valence-corrected chi connectivity index (χ1v) is 11.6. The van der Waals surface area contributed by atoms with Crippen LogP contribution in [0.4, 0.5) is 0 Å². The number of carbonyl (C=O) groups is 2. The van der Waals surface area contributed by atoms with E-state index < -0.39 is 0 Å². The number of hydrogen-bond donors (Lipinski definition) is 1. The van der Waals surface area contributed by atoms with Crippen molar-refractivity contribution in [3.8, 4) is 0 Å². The fourth-order valence-corrected chi connectivity index (χ4v) is 4.97. The molecule has 0 saturated heterocycles. The van der Waals surface area contributed by atoms with Gasteiger partial charge in [-0.15, -0.1) is 0 Å². The molecule has 164 valence electrons. The molecule has 1 aliphatic carbocycles. The summed E-state index contributed by atoms with van der Waals surface area (Å²) in [5.74, 6) is -0.355. The van der Waals surface area contributed by atoms with Gasteiger partial charge in [-0.05, 0) is 64.0 Å². The Morgan fingerprint density at radius 1 is 1.26 bits per heavy atom. The molecule has 3 aliphatic rings. The minimum absolute atomic E-state index is 0.00700. The zero-order chi connectivity index (χ0) is 22.3. The van der Waals surface area contributed by atoms with Crippen molar-refractivity contribution in [2.75, 3.05) is 0 Å². The summed E-state index contributed by atoms with van der Waals surface area (Å²) in [6, 6.07) is 6.17. The zero-order valence-corrected chi connectivity index (χ0v) is 19.5. The fourth-order valence-electron chi connectivity index (χ4n) is 4.01. The number of nitrogens with one attached hydrogen (secondary N) is 1. The van der Waals surface area contributed by atoms with Gasteiger partial charge in [0.05, 0.1) is 29.8 Å². The van der Waals surface area contributed by atoms with E-state index in [1.807, 2.05) is 31.1 Å². The van der Waals surface area contributed by atoms with Crippen molar-refractivity contribution in [1.82, 2.24) is 10.2 Å². The lowest BCUT2D eigenvalue weighted by Gasteiger charge is -2.37. The number of hydrogen-bond acceptors (Lipinski definition) is 6. The Kier molecular flexibility index (Phi) is 5.97. The van der Waals surface area contributed by atoms with Gasteiger partial charge in [0.25, 0.3) is 0 Å². The van der Waals surface area contributed by atoms with Crippen molar-refractivity contribution in [1.29, 1.82) is 0 Å². The van der Waals surface area contributed by atoms with Crippen LogP contribution in [0.3, 0.4) is 0 Å². The molecule has 7 heteroatoms. The van der Waals surface area contributed by atoms with Crippen LogP contribution in [-0.4, -0.2) is 34.1 Å². The lowest BCUT2D eigenvalue weighted by molar-refractivity contribution is -0.143. The van der Waals surface area contributed by atoms with Gasteiger partial charge in [-0.1, -0.05) is 35.5 Å².